The predicted octanol–water partition coefficient (Wildman–Crippen LogP) is 5.22. The number of amides is 1. The summed E-state index contributed by atoms with van der Waals surface area (Å²) in [4.78, 5) is 12.0. The van der Waals surface area contributed by atoms with Gasteiger partial charge < -0.3 is 10.1 Å². The van der Waals surface area contributed by atoms with E-state index in [1.165, 1.54) is 0 Å². The Kier molecular flexibility index (Phi) is 5.17. The highest BCUT2D eigenvalue weighted by atomic mass is 127. The summed E-state index contributed by atoms with van der Waals surface area (Å²) in [6.07, 6.45) is 0. The minimum atomic E-state index is -0.189. The van der Waals surface area contributed by atoms with Crippen LogP contribution in [-0.4, -0.2) is 12.5 Å². The van der Waals surface area contributed by atoms with Crippen molar-refractivity contribution in [3.8, 4) is 5.75 Å². The normalized spacial score (nSPS) is 10.5. The lowest BCUT2D eigenvalue weighted by atomic mass is 10.1. The summed E-state index contributed by atoms with van der Waals surface area (Å²) in [5.74, 6) is 0.465. The molecule has 1 amide bonds. The van der Waals surface area contributed by atoms with Gasteiger partial charge in [-0.1, -0.05) is 30.3 Å². The third-order valence-corrected chi connectivity index (χ3v) is 4.85. The summed E-state index contributed by atoms with van der Waals surface area (Å²) in [7, 11) is 0. The van der Waals surface area contributed by atoms with Crippen LogP contribution >= 0.6 is 38.5 Å². The Hall–Kier alpha value is -1.60. The highest BCUT2D eigenvalue weighted by Crippen LogP contribution is 2.32. The number of carbonyl (C=O) groups excluding carboxylic acids is 1. The van der Waals surface area contributed by atoms with E-state index in [2.05, 4.69) is 43.8 Å². The quantitative estimate of drug-likeness (QED) is 0.518. The van der Waals surface area contributed by atoms with Gasteiger partial charge in [-0.25, -0.2) is 0 Å². The summed E-state index contributed by atoms with van der Waals surface area (Å²) in [5, 5.41) is 4.99. The highest BCUT2D eigenvalue weighted by Gasteiger charge is 2.08. The number of fused-ring (bicyclic) bond motifs is 1. The van der Waals surface area contributed by atoms with Crippen LogP contribution in [-0.2, 0) is 4.79 Å². The Balaban J connectivity index is 1.67. The molecule has 0 aliphatic carbocycles. The average molecular weight is 482 g/mol. The molecule has 0 bridgehead atoms. The second-order valence-corrected chi connectivity index (χ2v) is 6.98. The molecule has 0 aliphatic rings. The van der Waals surface area contributed by atoms with Gasteiger partial charge in [0.25, 0.3) is 5.91 Å². The Morgan fingerprint density at radius 1 is 1.04 bits per heavy atom. The zero-order chi connectivity index (χ0) is 16.2. The zero-order valence-electron chi connectivity index (χ0n) is 12.1. The van der Waals surface area contributed by atoms with Crippen molar-refractivity contribution in [2.24, 2.45) is 0 Å². The SMILES string of the molecule is O=C(COc1ccc2ccccc2c1Br)Nc1ccc(I)cc1. The minimum Gasteiger partial charge on any atom is -0.483 e. The summed E-state index contributed by atoms with van der Waals surface area (Å²) in [6, 6.07) is 19.5. The van der Waals surface area contributed by atoms with Gasteiger partial charge in [-0.2, -0.15) is 0 Å². The number of nitrogens with one attached hydrogen (secondary N) is 1. The fourth-order valence-electron chi connectivity index (χ4n) is 2.20. The number of hydrogen-bond donors (Lipinski definition) is 1. The van der Waals surface area contributed by atoms with Crippen LogP contribution in [0.4, 0.5) is 5.69 Å². The van der Waals surface area contributed by atoms with E-state index in [4.69, 9.17) is 4.74 Å². The van der Waals surface area contributed by atoms with Crippen molar-refractivity contribution in [3.05, 3.63) is 68.7 Å². The van der Waals surface area contributed by atoms with Gasteiger partial charge in [0.15, 0.2) is 6.61 Å². The minimum absolute atomic E-state index is 0.0388. The first-order valence-corrected chi connectivity index (χ1v) is 8.86. The monoisotopic (exact) mass is 481 g/mol. The molecule has 3 aromatic carbocycles. The molecule has 0 heterocycles. The number of rotatable bonds is 4. The van der Waals surface area contributed by atoms with Gasteiger partial charge in [-0.3, -0.25) is 4.79 Å². The lowest BCUT2D eigenvalue weighted by molar-refractivity contribution is -0.118. The summed E-state index contributed by atoms with van der Waals surface area (Å²) >= 11 is 5.77. The van der Waals surface area contributed by atoms with Crippen LogP contribution < -0.4 is 10.1 Å². The number of carbonyl (C=O) groups is 1. The van der Waals surface area contributed by atoms with Gasteiger partial charge in [0.2, 0.25) is 0 Å². The van der Waals surface area contributed by atoms with Crippen LogP contribution in [0, 0.1) is 3.57 Å². The van der Waals surface area contributed by atoms with Crippen molar-refractivity contribution >= 4 is 60.9 Å². The van der Waals surface area contributed by atoms with Crippen molar-refractivity contribution in [1.82, 2.24) is 0 Å². The van der Waals surface area contributed by atoms with Gasteiger partial charge in [0, 0.05) is 9.26 Å². The molecule has 0 atom stereocenters. The number of benzene rings is 3. The highest BCUT2D eigenvalue weighted by molar-refractivity contribution is 14.1. The molecule has 116 valence electrons. The summed E-state index contributed by atoms with van der Waals surface area (Å²) in [5.41, 5.74) is 0.761. The largest absolute Gasteiger partial charge is 0.483 e. The van der Waals surface area contributed by atoms with Crippen LogP contribution in [0.5, 0.6) is 5.75 Å². The molecule has 0 unspecified atom stereocenters. The topological polar surface area (TPSA) is 38.3 Å². The van der Waals surface area contributed by atoms with Gasteiger partial charge in [-0.15, -0.1) is 0 Å². The van der Waals surface area contributed by atoms with Crippen molar-refractivity contribution in [2.75, 3.05) is 11.9 Å². The molecule has 0 aromatic heterocycles. The lowest BCUT2D eigenvalue weighted by Crippen LogP contribution is -2.20. The third kappa shape index (κ3) is 4.03. The molecule has 1 N–H and O–H groups in total. The van der Waals surface area contributed by atoms with Crippen LogP contribution in [0.15, 0.2) is 65.1 Å². The number of hydrogen-bond acceptors (Lipinski definition) is 2. The molecule has 0 fully saturated rings. The maximum absolute atomic E-state index is 12.0. The van der Waals surface area contributed by atoms with Crippen LogP contribution in [0.1, 0.15) is 0 Å². The van der Waals surface area contributed by atoms with Crippen molar-refractivity contribution in [1.29, 1.82) is 0 Å². The molecule has 0 aliphatic heterocycles. The van der Waals surface area contributed by atoms with Gasteiger partial charge in [-0.05, 0) is 79.6 Å². The second-order valence-electron chi connectivity index (χ2n) is 4.94. The fourth-order valence-corrected chi connectivity index (χ4v) is 3.17. The third-order valence-electron chi connectivity index (χ3n) is 3.31. The van der Waals surface area contributed by atoms with E-state index in [-0.39, 0.29) is 12.5 Å². The fraction of sp³-hybridized carbons (Fsp3) is 0.0556. The first-order valence-electron chi connectivity index (χ1n) is 6.99. The first kappa shape index (κ1) is 16.3. The molecular weight excluding hydrogens is 469 g/mol. The van der Waals surface area contributed by atoms with E-state index in [0.717, 1.165) is 24.5 Å². The molecular formula is C18H13BrINO2. The van der Waals surface area contributed by atoms with E-state index in [1.807, 2.05) is 60.7 Å². The molecule has 0 saturated carbocycles. The number of anilines is 1. The average Bonchev–Trinajstić information content (AvgIpc) is 2.57. The molecule has 5 heteroatoms. The molecule has 23 heavy (non-hydrogen) atoms. The molecule has 3 nitrogen and oxygen atoms in total. The lowest BCUT2D eigenvalue weighted by Gasteiger charge is -2.11. The molecule has 0 spiro atoms. The van der Waals surface area contributed by atoms with Crippen LogP contribution in [0.3, 0.4) is 0 Å². The molecule has 3 rings (SSSR count). The molecule has 0 radical (unpaired) electrons. The maximum atomic E-state index is 12.0. The summed E-state index contributed by atoms with van der Waals surface area (Å²) < 4.78 is 7.62. The number of halogens is 2. The first-order chi connectivity index (χ1) is 11.1. The van der Waals surface area contributed by atoms with E-state index in [0.29, 0.717) is 5.75 Å². The summed E-state index contributed by atoms with van der Waals surface area (Å²) in [6.45, 7) is -0.0388. The van der Waals surface area contributed by atoms with E-state index in [1.54, 1.807) is 0 Å². The van der Waals surface area contributed by atoms with Crippen molar-refractivity contribution in [2.45, 2.75) is 0 Å². The standard InChI is InChI=1S/C18H13BrINO2/c19-18-15-4-2-1-3-12(15)5-10-16(18)23-11-17(22)21-14-8-6-13(20)7-9-14/h1-10H,11H2,(H,21,22). The molecule has 0 saturated heterocycles. The van der Waals surface area contributed by atoms with E-state index in [9.17, 15) is 4.79 Å². The van der Waals surface area contributed by atoms with E-state index >= 15 is 0 Å². The smallest absolute Gasteiger partial charge is 0.262 e. The molecule has 3 aromatic rings. The second kappa shape index (κ2) is 7.31. The van der Waals surface area contributed by atoms with Crippen molar-refractivity contribution in [3.63, 3.8) is 0 Å². The van der Waals surface area contributed by atoms with Crippen LogP contribution in [0.25, 0.3) is 10.8 Å². The van der Waals surface area contributed by atoms with Crippen LogP contribution in [0.2, 0.25) is 0 Å². The Bertz CT molecular complexity index is 849. The van der Waals surface area contributed by atoms with E-state index < -0.39 is 0 Å². The number of ether oxygens (including phenoxy) is 1. The van der Waals surface area contributed by atoms with Gasteiger partial charge in [0.05, 0.1) is 4.47 Å². The Labute approximate surface area is 156 Å². The van der Waals surface area contributed by atoms with Crippen molar-refractivity contribution < 1.29 is 9.53 Å². The predicted molar refractivity (Wildman–Crippen MR) is 105 cm³/mol. The Morgan fingerprint density at radius 2 is 1.78 bits per heavy atom. The zero-order valence-corrected chi connectivity index (χ0v) is 15.8. The van der Waals surface area contributed by atoms with Gasteiger partial charge in [0.1, 0.15) is 5.75 Å². The maximum Gasteiger partial charge on any atom is 0.262 e. The van der Waals surface area contributed by atoms with Gasteiger partial charge >= 0.3 is 0 Å². The Morgan fingerprint density at radius 3 is 2.57 bits per heavy atom.